The van der Waals surface area contributed by atoms with Crippen LogP contribution in [0.2, 0.25) is 0 Å². The maximum Gasteiger partial charge on any atom is 0.297 e. The number of rotatable bonds is 4. The van der Waals surface area contributed by atoms with Gasteiger partial charge in [0.1, 0.15) is 13.2 Å². The van der Waals surface area contributed by atoms with Crippen molar-refractivity contribution in [1.29, 1.82) is 0 Å². The number of aromatic hydroxyl groups is 1. The van der Waals surface area contributed by atoms with Crippen LogP contribution in [-0.2, 0) is 14.3 Å². The standard InChI is InChI=1S/C17H18O6S/c1-12-6-8-13(9-7-12)24(19,20)22-11-17(2)10-21-15-5-3-4-14(18)16(15)23-17/h3-9,18H,10-11H2,1-2H3. The molecule has 3 rings (SSSR count). The smallest absolute Gasteiger partial charge is 0.297 e. The lowest BCUT2D eigenvalue weighted by Gasteiger charge is -2.35. The van der Waals surface area contributed by atoms with Crippen molar-refractivity contribution in [2.75, 3.05) is 13.2 Å². The molecule has 0 amide bonds. The molecule has 0 bridgehead atoms. The number of para-hydroxylation sites is 1. The zero-order chi connectivity index (χ0) is 17.4. The Morgan fingerprint density at radius 1 is 1.21 bits per heavy atom. The highest BCUT2D eigenvalue weighted by Gasteiger charge is 2.37. The SMILES string of the molecule is Cc1ccc(S(=O)(=O)OCC2(C)COc3cccc(O)c3O2)cc1. The number of ether oxygens (including phenoxy) is 2. The van der Waals surface area contributed by atoms with Gasteiger partial charge in [0.05, 0.1) is 4.90 Å². The normalized spacial score (nSPS) is 19.9. The van der Waals surface area contributed by atoms with Gasteiger partial charge in [-0.05, 0) is 38.1 Å². The molecule has 0 radical (unpaired) electrons. The minimum Gasteiger partial charge on any atom is -0.504 e. The second-order valence-electron chi connectivity index (χ2n) is 5.97. The molecule has 1 N–H and O–H groups in total. The van der Waals surface area contributed by atoms with Crippen molar-refractivity contribution in [2.24, 2.45) is 0 Å². The van der Waals surface area contributed by atoms with E-state index in [1.165, 1.54) is 18.2 Å². The van der Waals surface area contributed by atoms with Gasteiger partial charge in [-0.15, -0.1) is 0 Å². The van der Waals surface area contributed by atoms with E-state index in [4.69, 9.17) is 13.7 Å². The molecule has 0 aromatic heterocycles. The van der Waals surface area contributed by atoms with E-state index < -0.39 is 15.7 Å². The molecule has 6 nitrogen and oxygen atoms in total. The molecule has 1 unspecified atom stereocenters. The first-order valence-corrected chi connectivity index (χ1v) is 8.80. The lowest BCUT2D eigenvalue weighted by molar-refractivity contribution is -0.0268. The summed E-state index contributed by atoms with van der Waals surface area (Å²) in [4.78, 5) is 0.0803. The number of benzene rings is 2. The van der Waals surface area contributed by atoms with Crippen LogP contribution in [0.15, 0.2) is 47.4 Å². The topological polar surface area (TPSA) is 82.1 Å². The molecule has 0 saturated carbocycles. The lowest BCUT2D eigenvalue weighted by Crippen LogP contribution is -2.46. The minimum absolute atomic E-state index is 0.0696. The molecule has 0 saturated heterocycles. The average Bonchev–Trinajstić information content (AvgIpc) is 2.55. The first-order chi connectivity index (χ1) is 11.3. The molecule has 24 heavy (non-hydrogen) atoms. The van der Waals surface area contributed by atoms with Gasteiger partial charge in [-0.1, -0.05) is 23.8 Å². The Labute approximate surface area is 140 Å². The zero-order valence-corrected chi connectivity index (χ0v) is 14.2. The van der Waals surface area contributed by atoms with Gasteiger partial charge in [0.25, 0.3) is 10.1 Å². The predicted octanol–water partition coefficient (Wildman–Crippen LogP) is 2.64. The lowest BCUT2D eigenvalue weighted by atomic mass is 10.1. The van der Waals surface area contributed by atoms with Crippen molar-refractivity contribution in [3.63, 3.8) is 0 Å². The van der Waals surface area contributed by atoms with E-state index in [1.54, 1.807) is 31.2 Å². The van der Waals surface area contributed by atoms with E-state index >= 15 is 0 Å². The molecule has 7 heteroatoms. The van der Waals surface area contributed by atoms with E-state index in [-0.39, 0.29) is 29.6 Å². The number of fused-ring (bicyclic) bond motifs is 1. The minimum atomic E-state index is -3.90. The van der Waals surface area contributed by atoms with E-state index in [1.807, 2.05) is 6.92 Å². The number of hydrogen-bond acceptors (Lipinski definition) is 6. The Kier molecular flexibility index (Phi) is 4.15. The molecule has 128 valence electrons. The van der Waals surface area contributed by atoms with Crippen LogP contribution < -0.4 is 9.47 Å². The van der Waals surface area contributed by atoms with E-state index in [9.17, 15) is 13.5 Å². The fraction of sp³-hybridized carbons (Fsp3) is 0.294. The fourth-order valence-electron chi connectivity index (χ4n) is 2.27. The summed E-state index contributed by atoms with van der Waals surface area (Å²) in [7, 11) is -3.90. The maximum absolute atomic E-state index is 12.3. The van der Waals surface area contributed by atoms with Crippen molar-refractivity contribution < 1.29 is 27.2 Å². The van der Waals surface area contributed by atoms with Gasteiger partial charge in [-0.2, -0.15) is 8.42 Å². The van der Waals surface area contributed by atoms with Crippen molar-refractivity contribution in [2.45, 2.75) is 24.3 Å². The third kappa shape index (κ3) is 3.32. The van der Waals surface area contributed by atoms with E-state index in [0.29, 0.717) is 5.75 Å². The molecular formula is C17H18O6S. The first kappa shape index (κ1) is 16.6. The number of aryl methyl sites for hydroxylation is 1. The average molecular weight is 350 g/mol. The van der Waals surface area contributed by atoms with Crippen LogP contribution in [0.5, 0.6) is 17.2 Å². The van der Waals surface area contributed by atoms with Crippen LogP contribution >= 0.6 is 0 Å². The third-order valence-corrected chi connectivity index (χ3v) is 4.95. The largest absolute Gasteiger partial charge is 0.504 e. The number of phenols is 1. The second kappa shape index (κ2) is 5.99. The molecule has 1 atom stereocenters. The molecule has 2 aromatic rings. The highest BCUT2D eigenvalue weighted by atomic mass is 32.2. The summed E-state index contributed by atoms with van der Waals surface area (Å²) in [6.45, 7) is 3.40. The fourth-order valence-corrected chi connectivity index (χ4v) is 3.28. The van der Waals surface area contributed by atoms with Gasteiger partial charge >= 0.3 is 0 Å². The summed E-state index contributed by atoms with van der Waals surface area (Å²) < 4.78 is 41.0. The summed E-state index contributed by atoms with van der Waals surface area (Å²) in [6.07, 6.45) is 0. The summed E-state index contributed by atoms with van der Waals surface area (Å²) in [6, 6.07) is 11.2. The predicted molar refractivity (Wildman–Crippen MR) is 87.0 cm³/mol. The quantitative estimate of drug-likeness (QED) is 0.854. The van der Waals surface area contributed by atoms with Crippen molar-refractivity contribution in [3.05, 3.63) is 48.0 Å². The highest BCUT2D eigenvalue weighted by Crippen LogP contribution is 2.42. The molecular weight excluding hydrogens is 332 g/mol. The van der Waals surface area contributed by atoms with Gasteiger partial charge in [0, 0.05) is 0 Å². The van der Waals surface area contributed by atoms with Crippen LogP contribution in [-0.4, -0.2) is 32.3 Å². The van der Waals surface area contributed by atoms with Crippen molar-refractivity contribution in [3.8, 4) is 17.2 Å². The van der Waals surface area contributed by atoms with Crippen LogP contribution in [0.1, 0.15) is 12.5 Å². The van der Waals surface area contributed by atoms with Crippen LogP contribution in [0.25, 0.3) is 0 Å². The monoisotopic (exact) mass is 350 g/mol. The summed E-state index contributed by atoms with van der Waals surface area (Å²) in [5, 5.41) is 9.86. The Morgan fingerprint density at radius 2 is 1.92 bits per heavy atom. The Balaban J connectivity index is 1.74. The number of phenolic OH excluding ortho intramolecular Hbond substituents is 1. The first-order valence-electron chi connectivity index (χ1n) is 7.39. The van der Waals surface area contributed by atoms with Gasteiger partial charge in [0.2, 0.25) is 5.75 Å². The highest BCUT2D eigenvalue weighted by molar-refractivity contribution is 7.86. The Bertz CT molecular complexity index is 844. The molecule has 0 fully saturated rings. The summed E-state index contributed by atoms with van der Waals surface area (Å²) >= 11 is 0. The van der Waals surface area contributed by atoms with Crippen LogP contribution in [0, 0.1) is 6.92 Å². The van der Waals surface area contributed by atoms with Crippen molar-refractivity contribution in [1.82, 2.24) is 0 Å². The Morgan fingerprint density at radius 3 is 2.62 bits per heavy atom. The molecule has 0 spiro atoms. The molecule has 1 heterocycles. The van der Waals surface area contributed by atoms with Crippen LogP contribution in [0.3, 0.4) is 0 Å². The molecule has 0 aliphatic carbocycles. The maximum atomic E-state index is 12.3. The zero-order valence-electron chi connectivity index (χ0n) is 13.4. The summed E-state index contributed by atoms with van der Waals surface area (Å²) in [5.41, 5.74) is -0.0825. The third-order valence-electron chi connectivity index (χ3n) is 3.67. The number of hydrogen-bond donors (Lipinski definition) is 1. The van der Waals surface area contributed by atoms with Gasteiger partial charge in [0.15, 0.2) is 17.1 Å². The summed E-state index contributed by atoms with van der Waals surface area (Å²) in [5.74, 6) is 0.524. The van der Waals surface area contributed by atoms with Crippen molar-refractivity contribution >= 4 is 10.1 Å². The van der Waals surface area contributed by atoms with E-state index in [0.717, 1.165) is 5.56 Å². The van der Waals surface area contributed by atoms with Crippen LogP contribution in [0.4, 0.5) is 0 Å². The second-order valence-corrected chi connectivity index (χ2v) is 7.59. The molecule has 1 aliphatic heterocycles. The van der Waals surface area contributed by atoms with Gasteiger partial charge in [-0.25, -0.2) is 0 Å². The Hall–Kier alpha value is -2.25. The van der Waals surface area contributed by atoms with Gasteiger partial charge < -0.3 is 14.6 Å². The molecule has 1 aliphatic rings. The van der Waals surface area contributed by atoms with Gasteiger partial charge in [-0.3, -0.25) is 4.18 Å². The van der Waals surface area contributed by atoms with E-state index in [2.05, 4.69) is 0 Å². The molecule has 2 aromatic carbocycles.